The first-order valence-electron chi connectivity index (χ1n) is 5.14. The number of carbonyl (C=O) groups is 1. The third kappa shape index (κ3) is 1.99. The zero-order valence-electron chi connectivity index (χ0n) is 9.90. The fourth-order valence-corrected chi connectivity index (χ4v) is 1.54. The van der Waals surface area contributed by atoms with Crippen LogP contribution >= 0.6 is 0 Å². The maximum Gasteiger partial charge on any atom is 0.330 e. The molecule has 0 saturated carbocycles. The van der Waals surface area contributed by atoms with Crippen LogP contribution in [-0.4, -0.2) is 30.4 Å². The molecule has 0 aliphatic rings. The standard InChI is InChI=1S/C10H11N5O3/c1-13-8(3-9(17)14(2)10(13)18)5-15-4-7(6-16)11-12-15/h3-4,6H,5H2,1-2H3. The van der Waals surface area contributed by atoms with E-state index in [0.29, 0.717) is 12.0 Å². The third-order valence-electron chi connectivity index (χ3n) is 2.63. The van der Waals surface area contributed by atoms with Crippen LogP contribution in [0.15, 0.2) is 21.9 Å². The summed E-state index contributed by atoms with van der Waals surface area (Å²) in [6.07, 6.45) is 2.02. The molecule has 2 rings (SSSR count). The molecule has 94 valence electrons. The van der Waals surface area contributed by atoms with Crippen LogP contribution in [0.2, 0.25) is 0 Å². The third-order valence-corrected chi connectivity index (χ3v) is 2.63. The summed E-state index contributed by atoms with van der Waals surface area (Å²) >= 11 is 0. The van der Waals surface area contributed by atoms with Gasteiger partial charge in [0.05, 0.1) is 12.7 Å². The zero-order valence-corrected chi connectivity index (χ0v) is 9.90. The Morgan fingerprint density at radius 3 is 2.61 bits per heavy atom. The molecule has 2 aromatic heterocycles. The first kappa shape index (κ1) is 12.0. The lowest BCUT2D eigenvalue weighted by atomic mass is 10.4. The summed E-state index contributed by atoms with van der Waals surface area (Å²) in [6.45, 7) is 0.197. The van der Waals surface area contributed by atoms with Crippen LogP contribution in [0.4, 0.5) is 0 Å². The molecule has 0 unspecified atom stereocenters. The van der Waals surface area contributed by atoms with Gasteiger partial charge in [0.1, 0.15) is 5.69 Å². The number of rotatable bonds is 3. The second-order valence-corrected chi connectivity index (χ2v) is 3.83. The van der Waals surface area contributed by atoms with Crippen molar-refractivity contribution in [1.29, 1.82) is 0 Å². The van der Waals surface area contributed by atoms with Gasteiger partial charge in [0.25, 0.3) is 5.56 Å². The van der Waals surface area contributed by atoms with E-state index in [1.807, 2.05) is 0 Å². The molecule has 0 atom stereocenters. The van der Waals surface area contributed by atoms with E-state index in [1.54, 1.807) is 7.05 Å². The number of nitrogens with zero attached hydrogens (tertiary/aromatic N) is 5. The fraction of sp³-hybridized carbons (Fsp3) is 0.300. The molecule has 0 aromatic carbocycles. The Morgan fingerprint density at radius 1 is 1.28 bits per heavy atom. The van der Waals surface area contributed by atoms with Gasteiger partial charge >= 0.3 is 5.69 Å². The molecular weight excluding hydrogens is 238 g/mol. The highest BCUT2D eigenvalue weighted by Crippen LogP contribution is 1.96. The monoisotopic (exact) mass is 249 g/mol. The van der Waals surface area contributed by atoms with Crippen molar-refractivity contribution < 1.29 is 4.79 Å². The minimum absolute atomic E-state index is 0.197. The molecule has 0 fully saturated rings. The Bertz CT molecular complexity index is 709. The molecule has 8 nitrogen and oxygen atoms in total. The predicted octanol–water partition coefficient (Wildman–Crippen LogP) is -1.46. The largest absolute Gasteiger partial charge is 0.330 e. The molecular formula is C10H11N5O3. The minimum atomic E-state index is -0.409. The average molecular weight is 249 g/mol. The second-order valence-electron chi connectivity index (χ2n) is 3.83. The summed E-state index contributed by atoms with van der Waals surface area (Å²) in [5.74, 6) is 0. The highest BCUT2D eigenvalue weighted by Gasteiger charge is 2.07. The van der Waals surface area contributed by atoms with Gasteiger partial charge in [-0.25, -0.2) is 9.48 Å². The normalized spacial score (nSPS) is 10.6. The molecule has 18 heavy (non-hydrogen) atoms. The van der Waals surface area contributed by atoms with Crippen LogP contribution in [0, 0.1) is 0 Å². The van der Waals surface area contributed by atoms with E-state index in [9.17, 15) is 14.4 Å². The van der Waals surface area contributed by atoms with E-state index < -0.39 is 5.69 Å². The van der Waals surface area contributed by atoms with Gasteiger partial charge in [-0.3, -0.25) is 18.7 Å². The quantitative estimate of drug-likeness (QED) is 0.620. The van der Waals surface area contributed by atoms with Crippen LogP contribution in [0.5, 0.6) is 0 Å². The first-order chi connectivity index (χ1) is 8.52. The van der Waals surface area contributed by atoms with Gasteiger partial charge in [0, 0.05) is 25.9 Å². The smallest absolute Gasteiger partial charge is 0.299 e. The molecule has 0 saturated heterocycles. The van der Waals surface area contributed by atoms with Crippen molar-refractivity contribution in [3.8, 4) is 0 Å². The second kappa shape index (κ2) is 4.40. The van der Waals surface area contributed by atoms with E-state index in [2.05, 4.69) is 10.3 Å². The van der Waals surface area contributed by atoms with E-state index in [4.69, 9.17) is 0 Å². The van der Waals surface area contributed by atoms with Crippen molar-refractivity contribution in [2.24, 2.45) is 14.1 Å². The molecule has 0 amide bonds. The lowest BCUT2D eigenvalue weighted by molar-refractivity contribution is 0.111. The molecule has 2 heterocycles. The lowest BCUT2D eigenvalue weighted by Gasteiger charge is -2.08. The molecule has 0 N–H and O–H groups in total. The van der Waals surface area contributed by atoms with Gasteiger partial charge in [0.2, 0.25) is 0 Å². The number of hydrogen-bond donors (Lipinski definition) is 0. The number of aldehydes is 1. The van der Waals surface area contributed by atoms with Crippen molar-refractivity contribution >= 4 is 6.29 Å². The van der Waals surface area contributed by atoms with Gasteiger partial charge in [-0.05, 0) is 0 Å². The van der Waals surface area contributed by atoms with E-state index >= 15 is 0 Å². The van der Waals surface area contributed by atoms with Crippen molar-refractivity contribution in [3.63, 3.8) is 0 Å². The van der Waals surface area contributed by atoms with Gasteiger partial charge in [-0.1, -0.05) is 5.21 Å². The van der Waals surface area contributed by atoms with Gasteiger partial charge in [0.15, 0.2) is 6.29 Å². The molecule has 0 aliphatic heterocycles. The summed E-state index contributed by atoms with van der Waals surface area (Å²) in [5, 5.41) is 7.31. The van der Waals surface area contributed by atoms with Crippen LogP contribution in [0.3, 0.4) is 0 Å². The zero-order chi connectivity index (χ0) is 13.3. The van der Waals surface area contributed by atoms with E-state index in [-0.39, 0.29) is 17.8 Å². The van der Waals surface area contributed by atoms with Gasteiger partial charge in [-0.2, -0.15) is 0 Å². The Morgan fingerprint density at radius 2 is 2.00 bits per heavy atom. The van der Waals surface area contributed by atoms with Crippen LogP contribution in [0.1, 0.15) is 16.2 Å². The van der Waals surface area contributed by atoms with E-state index in [1.165, 1.54) is 28.6 Å². The SMILES string of the molecule is Cn1c(Cn2cc(C=O)nn2)cc(=O)n(C)c1=O. The lowest BCUT2D eigenvalue weighted by Crippen LogP contribution is -2.38. The topological polar surface area (TPSA) is 91.8 Å². The van der Waals surface area contributed by atoms with Gasteiger partial charge < -0.3 is 0 Å². The highest BCUT2D eigenvalue weighted by molar-refractivity contribution is 5.70. The first-order valence-corrected chi connectivity index (χ1v) is 5.14. The molecule has 0 spiro atoms. The Kier molecular flexibility index (Phi) is 2.92. The van der Waals surface area contributed by atoms with Crippen molar-refractivity contribution in [1.82, 2.24) is 24.1 Å². The summed E-state index contributed by atoms with van der Waals surface area (Å²) in [7, 11) is 2.98. The van der Waals surface area contributed by atoms with Crippen molar-refractivity contribution in [3.05, 3.63) is 44.5 Å². The number of aromatic nitrogens is 5. The predicted molar refractivity (Wildman–Crippen MR) is 61.4 cm³/mol. The molecule has 0 aliphatic carbocycles. The van der Waals surface area contributed by atoms with Crippen LogP contribution in [-0.2, 0) is 20.6 Å². The molecule has 2 aromatic rings. The maximum atomic E-state index is 11.7. The van der Waals surface area contributed by atoms with E-state index in [0.717, 1.165) is 4.57 Å². The van der Waals surface area contributed by atoms with Crippen molar-refractivity contribution in [2.45, 2.75) is 6.54 Å². The van der Waals surface area contributed by atoms with Crippen LogP contribution in [0.25, 0.3) is 0 Å². The van der Waals surface area contributed by atoms with Gasteiger partial charge in [-0.15, -0.1) is 5.10 Å². The highest BCUT2D eigenvalue weighted by atomic mass is 16.2. The summed E-state index contributed by atoms with van der Waals surface area (Å²) in [4.78, 5) is 33.7. The number of carbonyl (C=O) groups excluding carboxylic acids is 1. The Hall–Kier alpha value is -2.51. The Labute approximate surface area is 101 Å². The summed E-state index contributed by atoms with van der Waals surface area (Å²) in [6, 6.07) is 1.35. The molecule has 0 radical (unpaired) electrons. The minimum Gasteiger partial charge on any atom is -0.299 e. The summed E-state index contributed by atoms with van der Waals surface area (Å²) < 4.78 is 3.75. The number of hydrogen-bond acceptors (Lipinski definition) is 5. The average Bonchev–Trinajstić information content (AvgIpc) is 2.81. The fourth-order valence-electron chi connectivity index (χ4n) is 1.54. The maximum absolute atomic E-state index is 11.7. The Balaban J connectivity index is 2.44. The molecule has 8 heteroatoms. The van der Waals surface area contributed by atoms with Crippen molar-refractivity contribution in [2.75, 3.05) is 0 Å². The molecule has 0 bridgehead atoms. The van der Waals surface area contributed by atoms with Crippen LogP contribution < -0.4 is 11.2 Å². The summed E-state index contributed by atoms with van der Waals surface area (Å²) in [5.41, 5.74) is -0.105.